The first kappa shape index (κ1) is 15.6. The lowest BCUT2D eigenvalue weighted by molar-refractivity contribution is 0.307. The van der Waals surface area contributed by atoms with Crippen molar-refractivity contribution in [1.29, 1.82) is 0 Å². The predicted molar refractivity (Wildman–Crippen MR) is 78.8 cm³/mol. The van der Waals surface area contributed by atoms with Gasteiger partial charge >= 0.3 is 0 Å². The van der Waals surface area contributed by atoms with Crippen molar-refractivity contribution in [1.82, 2.24) is 10.0 Å². The summed E-state index contributed by atoms with van der Waals surface area (Å²) < 4.78 is 33.0. The van der Waals surface area contributed by atoms with E-state index in [9.17, 15) is 8.42 Å². The summed E-state index contributed by atoms with van der Waals surface area (Å²) in [4.78, 5) is 0.115. The third kappa shape index (κ3) is 3.44. The van der Waals surface area contributed by atoms with Crippen LogP contribution in [0.4, 0.5) is 0 Å². The van der Waals surface area contributed by atoms with E-state index in [2.05, 4.69) is 10.0 Å². The lowest BCUT2D eigenvalue weighted by Gasteiger charge is -2.34. The molecule has 7 heteroatoms. The summed E-state index contributed by atoms with van der Waals surface area (Å²) in [5.74, 6) is 0.252. The predicted octanol–water partition coefficient (Wildman–Crippen LogP) is 1.77. The first-order valence-electron chi connectivity index (χ1n) is 6.45. The number of sulfonamides is 1. The molecule has 20 heavy (non-hydrogen) atoms. The molecule has 1 aromatic rings. The average Bonchev–Trinajstić information content (AvgIpc) is 2.37. The van der Waals surface area contributed by atoms with E-state index in [1.807, 2.05) is 6.92 Å². The second kappa shape index (κ2) is 5.89. The third-order valence-corrected chi connectivity index (χ3v) is 5.42. The van der Waals surface area contributed by atoms with Crippen molar-refractivity contribution < 1.29 is 13.2 Å². The zero-order valence-corrected chi connectivity index (χ0v) is 13.1. The van der Waals surface area contributed by atoms with Gasteiger partial charge in [0, 0.05) is 16.6 Å². The van der Waals surface area contributed by atoms with E-state index in [-0.39, 0.29) is 10.6 Å². The largest absolute Gasteiger partial charge is 0.495 e. The molecule has 0 aliphatic carbocycles. The van der Waals surface area contributed by atoms with Crippen LogP contribution in [0.2, 0.25) is 5.02 Å². The Morgan fingerprint density at radius 2 is 2.00 bits per heavy atom. The molecule has 1 aliphatic rings. The van der Waals surface area contributed by atoms with Crippen molar-refractivity contribution in [3.63, 3.8) is 0 Å². The molecule has 0 bridgehead atoms. The minimum absolute atomic E-state index is 0.115. The molecule has 2 N–H and O–H groups in total. The second-order valence-corrected chi connectivity index (χ2v) is 7.30. The number of rotatable bonds is 4. The molecule has 5 nitrogen and oxygen atoms in total. The Bertz CT molecular complexity index is 583. The highest BCUT2D eigenvalue weighted by molar-refractivity contribution is 7.89. The van der Waals surface area contributed by atoms with Gasteiger partial charge in [-0.05, 0) is 45.0 Å². The van der Waals surface area contributed by atoms with Crippen LogP contribution in [0.15, 0.2) is 23.1 Å². The number of hydrogen-bond acceptors (Lipinski definition) is 4. The van der Waals surface area contributed by atoms with Gasteiger partial charge < -0.3 is 10.1 Å². The van der Waals surface area contributed by atoms with Crippen LogP contribution in [0.1, 0.15) is 19.8 Å². The number of methoxy groups -OCH3 is 1. The van der Waals surface area contributed by atoms with Crippen molar-refractivity contribution in [3.8, 4) is 5.75 Å². The fourth-order valence-electron chi connectivity index (χ4n) is 2.32. The van der Waals surface area contributed by atoms with Crippen molar-refractivity contribution in [2.24, 2.45) is 0 Å². The lowest BCUT2D eigenvalue weighted by atomic mass is 9.92. The highest BCUT2D eigenvalue weighted by Gasteiger charge is 2.33. The average molecular weight is 319 g/mol. The van der Waals surface area contributed by atoms with Gasteiger partial charge in [0.1, 0.15) is 10.6 Å². The molecular weight excluding hydrogens is 300 g/mol. The summed E-state index contributed by atoms with van der Waals surface area (Å²) in [5, 5.41) is 3.66. The number of hydrogen-bond donors (Lipinski definition) is 2. The van der Waals surface area contributed by atoms with E-state index >= 15 is 0 Å². The summed E-state index contributed by atoms with van der Waals surface area (Å²) in [5.41, 5.74) is -0.436. The van der Waals surface area contributed by atoms with Gasteiger partial charge in [-0.25, -0.2) is 13.1 Å². The molecule has 0 aromatic heterocycles. The number of benzene rings is 1. The van der Waals surface area contributed by atoms with Gasteiger partial charge in [-0.2, -0.15) is 0 Å². The smallest absolute Gasteiger partial charge is 0.244 e. The van der Waals surface area contributed by atoms with E-state index in [0.29, 0.717) is 5.02 Å². The van der Waals surface area contributed by atoms with Crippen LogP contribution in [-0.2, 0) is 10.0 Å². The SMILES string of the molecule is COc1cc(Cl)ccc1S(=O)(=O)NC1(C)CCNCC1. The van der Waals surface area contributed by atoms with Gasteiger partial charge in [0.25, 0.3) is 0 Å². The Hall–Kier alpha value is -0.820. The van der Waals surface area contributed by atoms with Crippen LogP contribution < -0.4 is 14.8 Å². The second-order valence-electron chi connectivity index (χ2n) is 5.21. The minimum atomic E-state index is -3.64. The molecule has 1 aromatic carbocycles. The first-order chi connectivity index (χ1) is 9.36. The highest BCUT2D eigenvalue weighted by atomic mass is 35.5. The summed E-state index contributed by atoms with van der Waals surface area (Å²) in [6, 6.07) is 4.51. The topological polar surface area (TPSA) is 67.4 Å². The summed E-state index contributed by atoms with van der Waals surface area (Å²) in [6.07, 6.45) is 1.50. The Morgan fingerprint density at radius 1 is 1.35 bits per heavy atom. The summed E-state index contributed by atoms with van der Waals surface area (Å²) in [6.45, 7) is 3.53. The van der Waals surface area contributed by atoms with Crippen molar-refractivity contribution in [2.75, 3.05) is 20.2 Å². The zero-order valence-electron chi connectivity index (χ0n) is 11.6. The number of nitrogens with one attached hydrogen (secondary N) is 2. The maximum Gasteiger partial charge on any atom is 0.244 e. The molecule has 2 rings (SSSR count). The molecule has 0 amide bonds. The molecule has 1 aliphatic heterocycles. The summed E-state index contributed by atoms with van der Waals surface area (Å²) in [7, 11) is -2.21. The van der Waals surface area contributed by atoms with Crippen molar-refractivity contribution in [3.05, 3.63) is 23.2 Å². The maximum absolute atomic E-state index is 12.5. The monoisotopic (exact) mass is 318 g/mol. The van der Waals surface area contributed by atoms with E-state index in [1.54, 1.807) is 6.07 Å². The van der Waals surface area contributed by atoms with Crippen molar-refractivity contribution in [2.45, 2.75) is 30.2 Å². The minimum Gasteiger partial charge on any atom is -0.495 e. The van der Waals surface area contributed by atoms with Gasteiger partial charge in [0.05, 0.1) is 7.11 Å². The molecule has 0 spiro atoms. The van der Waals surface area contributed by atoms with Crippen LogP contribution in [0, 0.1) is 0 Å². The zero-order chi connectivity index (χ0) is 14.8. The molecule has 0 unspecified atom stereocenters. The van der Waals surface area contributed by atoms with Gasteiger partial charge in [-0.1, -0.05) is 11.6 Å². The molecule has 1 heterocycles. The standard InChI is InChI=1S/C13H19ClN2O3S/c1-13(5-7-15-8-6-13)16-20(17,18)12-4-3-10(14)9-11(12)19-2/h3-4,9,15-16H,5-8H2,1-2H3. The number of ether oxygens (including phenoxy) is 1. The van der Waals surface area contributed by atoms with Gasteiger partial charge in [-0.15, -0.1) is 0 Å². The molecule has 0 saturated carbocycles. The summed E-state index contributed by atoms with van der Waals surface area (Å²) >= 11 is 5.86. The fourth-order valence-corrected chi connectivity index (χ4v) is 4.10. The normalized spacial score (nSPS) is 18.8. The number of halogens is 1. The van der Waals surface area contributed by atoms with Crippen LogP contribution >= 0.6 is 11.6 Å². The van der Waals surface area contributed by atoms with E-state index < -0.39 is 15.6 Å². The van der Waals surface area contributed by atoms with Gasteiger partial charge in [0.15, 0.2) is 0 Å². The molecule has 1 fully saturated rings. The van der Waals surface area contributed by atoms with E-state index in [4.69, 9.17) is 16.3 Å². The molecule has 0 radical (unpaired) electrons. The fraction of sp³-hybridized carbons (Fsp3) is 0.538. The van der Waals surface area contributed by atoms with Crippen LogP contribution in [0.25, 0.3) is 0 Å². The van der Waals surface area contributed by atoms with Gasteiger partial charge in [0.2, 0.25) is 10.0 Å². The van der Waals surface area contributed by atoms with E-state index in [0.717, 1.165) is 25.9 Å². The lowest BCUT2D eigenvalue weighted by Crippen LogP contribution is -2.52. The molecule has 112 valence electrons. The van der Waals surface area contributed by atoms with Crippen LogP contribution in [-0.4, -0.2) is 34.2 Å². The molecule has 1 saturated heterocycles. The Labute approximate surface area is 124 Å². The number of piperidine rings is 1. The third-order valence-electron chi connectivity index (χ3n) is 3.50. The molecule has 0 atom stereocenters. The quantitative estimate of drug-likeness (QED) is 0.888. The van der Waals surface area contributed by atoms with Crippen LogP contribution in [0.3, 0.4) is 0 Å². The highest BCUT2D eigenvalue weighted by Crippen LogP contribution is 2.29. The van der Waals surface area contributed by atoms with E-state index in [1.165, 1.54) is 19.2 Å². The van der Waals surface area contributed by atoms with Crippen LogP contribution in [0.5, 0.6) is 5.75 Å². The maximum atomic E-state index is 12.5. The Kier molecular flexibility index (Phi) is 4.59. The van der Waals surface area contributed by atoms with Crippen molar-refractivity contribution >= 4 is 21.6 Å². The van der Waals surface area contributed by atoms with Gasteiger partial charge in [-0.3, -0.25) is 0 Å². The Morgan fingerprint density at radius 3 is 2.60 bits per heavy atom. The Balaban J connectivity index is 2.30. The first-order valence-corrected chi connectivity index (χ1v) is 8.31. The molecular formula is C13H19ClN2O3S.